The molecule has 2 aliphatic heterocycles. The molecule has 2 heterocycles. The number of ether oxygens (including phenoxy) is 3. The summed E-state index contributed by atoms with van der Waals surface area (Å²) in [5.41, 5.74) is 0.636. The highest BCUT2D eigenvalue weighted by Gasteiger charge is 2.38. The van der Waals surface area contributed by atoms with Crippen LogP contribution in [0.3, 0.4) is 0 Å². The smallest absolute Gasteiger partial charge is 0.337 e. The van der Waals surface area contributed by atoms with Crippen molar-refractivity contribution >= 4 is 17.7 Å². The van der Waals surface area contributed by atoms with Crippen LogP contribution in [0, 0.1) is 11.6 Å². The number of fused-ring (bicyclic) bond motifs is 1. The number of hydrogen-bond donors (Lipinski definition) is 1. The van der Waals surface area contributed by atoms with Gasteiger partial charge in [-0.05, 0) is 25.1 Å². The van der Waals surface area contributed by atoms with Crippen molar-refractivity contribution in [3.05, 3.63) is 64.9 Å². The van der Waals surface area contributed by atoms with Crippen LogP contribution in [0.15, 0.2) is 47.7 Å². The van der Waals surface area contributed by atoms with Gasteiger partial charge in [-0.1, -0.05) is 6.07 Å². The Hall–Kier alpha value is -3.62. The summed E-state index contributed by atoms with van der Waals surface area (Å²) in [5.74, 6) is -1.42. The number of carbonyl (C=O) groups is 2. The number of rotatable bonds is 3. The van der Waals surface area contributed by atoms with Gasteiger partial charge in [0, 0.05) is 23.4 Å². The normalized spacial score (nSPS) is 18.0. The van der Waals surface area contributed by atoms with Gasteiger partial charge in [0.2, 0.25) is 6.79 Å². The third-order valence-corrected chi connectivity index (χ3v) is 4.78. The molecular weight excluding hydrogens is 386 g/mol. The second-order valence-electron chi connectivity index (χ2n) is 6.41. The van der Waals surface area contributed by atoms with Crippen molar-refractivity contribution in [3.63, 3.8) is 0 Å². The van der Waals surface area contributed by atoms with Crippen LogP contribution in [-0.2, 0) is 9.53 Å². The largest absolute Gasteiger partial charge is 0.466 e. The molecule has 0 radical (unpaired) electrons. The fourth-order valence-electron chi connectivity index (χ4n) is 3.42. The minimum atomic E-state index is -1.14. The number of urea groups is 1. The van der Waals surface area contributed by atoms with Crippen molar-refractivity contribution in [2.45, 2.75) is 13.0 Å². The van der Waals surface area contributed by atoms with Crippen LogP contribution < -0.4 is 19.7 Å². The van der Waals surface area contributed by atoms with Gasteiger partial charge in [0.25, 0.3) is 0 Å². The van der Waals surface area contributed by atoms with E-state index < -0.39 is 29.7 Å². The van der Waals surface area contributed by atoms with Crippen LogP contribution >= 0.6 is 0 Å². The average Bonchev–Trinajstić information content (AvgIpc) is 3.15. The molecule has 150 valence electrons. The van der Waals surface area contributed by atoms with Gasteiger partial charge >= 0.3 is 12.0 Å². The summed E-state index contributed by atoms with van der Waals surface area (Å²) in [6.45, 7) is 1.61. The molecule has 0 spiro atoms. The maximum atomic E-state index is 14.4. The maximum absolute atomic E-state index is 14.4. The first-order valence-corrected chi connectivity index (χ1v) is 8.65. The van der Waals surface area contributed by atoms with Gasteiger partial charge in [-0.15, -0.1) is 0 Å². The monoisotopic (exact) mass is 402 g/mol. The molecule has 1 atom stereocenters. The van der Waals surface area contributed by atoms with Gasteiger partial charge in [0.05, 0.1) is 24.4 Å². The molecule has 0 aliphatic carbocycles. The lowest BCUT2D eigenvalue weighted by Crippen LogP contribution is -2.48. The Morgan fingerprint density at radius 2 is 1.93 bits per heavy atom. The first-order chi connectivity index (χ1) is 13.9. The number of nitrogens with zero attached hydrogens (tertiary/aromatic N) is 1. The lowest BCUT2D eigenvalue weighted by molar-refractivity contribution is -0.136. The van der Waals surface area contributed by atoms with E-state index in [9.17, 15) is 18.4 Å². The number of benzene rings is 2. The molecule has 2 amide bonds. The van der Waals surface area contributed by atoms with E-state index in [0.717, 1.165) is 6.07 Å². The predicted molar refractivity (Wildman–Crippen MR) is 97.4 cm³/mol. The van der Waals surface area contributed by atoms with Crippen LogP contribution in [0.25, 0.3) is 0 Å². The van der Waals surface area contributed by atoms with Crippen molar-refractivity contribution in [1.82, 2.24) is 5.32 Å². The molecule has 0 fully saturated rings. The molecule has 0 aromatic heterocycles. The van der Waals surface area contributed by atoms with Crippen LogP contribution in [0.2, 0.25) is 0 Å². The standard InChI is InChI=1S/C20H16F2N2O5/c1-10-17(19(25)27-2)18(13-5-3-11(21)7-14(13)22)23-20(26)24(10)12-4-6-15-16(8-12)29-9-28-15/h3-8,18H,9H2,1-2H3,(H,23,26)/t18-/m0/s1. The first kappa shape index (κ1) is 18.7. The summed E-state index contributed by atoms with van der Waals surface area (Å²) < 4.78 is 43.2. The van der Waals surface area contributed by atoms with E-state index in [1.165, 1.54) is 18.1 Å². The zero-order chi connectivity index (χ0) is 20.7. The molecule has 4 rings (SSSR count). The number of methoxy groups -OCH3 is 1. The molecule has 0 unspecified atom stereocenters. The van der Waals surface area contributed by atoms with Crippen molar-refractivity contribution in [2.24, 2.45) is 0 Å². The van der Waals surface area contributed by atoms with E-state index in [4.69, 9.17) is 14.2 Å². The topological polar surface area (TPSA) is 77.1 Å². The molecule has 29 heavy (non-hydrogen) atoms. The van der Waals surface area contributed by atoms with Crippen LogP contribution in [0.1, 0.15) is 18.5 Å². The zero-order valence-electron chi connectivity index (χ0n) is 15.5. The molecule has 0 bridgehead atoms. The Kier molecular flexibility index (Phi) is 4.57. The van der Waals surface area contributed by atoms with Crippen molar-refractivity contribution < 1.29 is 32.6 Å². The highest BCUT2D eigenvalue weighted by Crippen LogP contribution is 2.39. The molecule has 2 aromatic rings. The van der Waals surface area contributed by atoms with E-state index >= 15 is 0 Å². The third kappa shape index (κ3) is 3.14. The van der Waals surface area contributed by atoms with E-state index in [1.807, 2.05) is 0 Å². The Balaban J connectivity index is 1.83. The molecule has 0 saturated heterocycles. The van der Waals surface area contributed by atoms with E-state index in [1.54, 1.807) is 25.1 Å². The number of carbonyl (C=O) groups excluding carboxylic acids is 2. The zero-order valence-corrected chi connectivity index (χ0v) is 15.5. The van der Waals surface area contributed by atoms with Gasteiger partial charge in [-0.25, -0.2) is 18.4 Å². The second kappa shape index (κ2) is 7.08. The highest BCUT2D eigenvalue weighted by atomic mass is 19.1. The summed E-state index contributed by atoms with van der Waals surface area (Å²) in [4.78, 5) is 26.7. The van der Waals surface area contributed by atoms with Gasteiger partial charge in [-0.3, -0.25) is 4.90 Å². The van der Waals surface area contributed by atoms with Gasteiger partial charge < -0.3 is 19.5 Å². The van der Waals surface area contributed by atoms with E-state index in [0.29, 0.717) is 23.3 Å². The number of esters is 1. The summed E-state index contributed by atoms with van der Waals surface area (Å²) >= 11 is 0. The van der Waals surface area contributed by atoms with Gasteiger partial charge in [0.1, 0.15) is 11.6 Å². The Morgan fingerprint density at radius 1 is 1.17 bits per heavy atom. The number of anilines is 1. The Bertz CT molecular complexity index is 1050. The molecule has 2 aromatic carbocycles. The SMILES string of the molecule is COC(=O)C1=C(C)N(c2ccc3c(c2)OCO3)C(=O)N[C@H]1c1ccc(F)cc1F. The highest BCUT2D eigenvalue weighted by molar-refractivity contribution is 6.03. The molecule has 0 saturated carbocycles. The van der Waals surface area contributed by atoms with Crippen molar-refractivity contribution in [3.8, 4) is 11.5 Å². The Morgan fingerprint density at radius 3 is 2.66 bits per heavy atom. The molecule has 2 aliphatic rings. The van der Waals surface area contributed by atoms with E-state index in [2.05, 4.69) is 5.32 Å². The molecule has 7 nitrogen and oxygen atoms in total. The van der Waals surface area contributed by atoms with Crippen LogP contribution in [-0.4, -0.2) is 25.9 Å². The number of amides is 2. The van der Waals surface area contributed by atoms with Gasteiger partial charge in [0.15, 0.2) is 11.5 Å². The third-order valence-electron chi connectivity index (χ3n) is 4.78. The molecular formula is C20H16F2N2O5. The summed E-state index contributed by atoms with van der Waals surface area (Å²) in [5, 5.41) is 2.60. The fraction of sp³-hybridized carbons (Fsp3) is 0.200. The number of hydrogen-bond acceptors (Lipinski definition) is 5. The lowest BCUT2D eigenvalue weighted by atomic mass is 9.94. The minimum Gasteiger partial charge on any atom is -0.466 e. The number of allylic oxidation sites excluding steroid dienone is 1. The number of halogens is 2. The number of nitrogens with one attached hydrogen (secondary N) is 1. The predicted octanol–water partition coefficient (Wildman–Crippen LogP) is 3.41. The average molecular weight is 402 g/mol. The van der Waals surface area contributed by atoms with Crippen molar-refractivity contribution in [2.75, 3.05) is 18.8 Å². The summed E-state index contributed by atoms with van der Waals surface area (Å²) in [6, 6.07) is 6.06. The summed E-state index contributed by atoms with van der Waals surface area (Å²) in [6.07, 6.45) is 0. The fourth-order valence-corrected chi connectivity index (χ4v) is 3.42. The quantitative estimate of drug-likeness (QED) is 0.797. The molecule has 1 N–H and O–H groups in total. The first-order valence-electron chi connectivity index (χ1n) is 8.65. The molecule has 9 heteroatoms. The maximum Gasteiger partial charge on any atom is 0.337 e. The van der Waals surface area contributed by atoms with Crippen LogP contribution in [0.4, 0.5) is 19.3 Å². The Labute approximate surface area is 164 Å². The minimum absolute atomic E-state index is 0.0234. The lowest BCUT2D eigenvalue weighted by Gasteiger charge is -2.35. The summed E-state index contributed by atoms with van der Waals surface area (Å²) in [7, 11) is 1.18. The van der Waals surface area contributed by atoms with Crippen LogP contribution in [0.5, 0.6) is 11.5 Å². The second-order valence-corrected chi connectivity index (χ2v) is 6.41. The van der Waals surface area contributed by atoms with E-state index in [-0.39, 0.29) is 23.6 Å². The van der Waals surface area contributed by atoms with Gasteiger partial charge in [-0.2, -0.15) is 0 Å². The van der Waals surface area contributed by atoms with Crippen molar-refractivity contribution in [1.29, 1.82) is 0 Å².